The number of carbonyl (C=O) groups excluding carboxylic acids is 2. The largest absolute Gasteiger partial charge is 0.497 e. The molecular formula is C18H20N2O3S. The fourth-order valence-corrected chi connectivity index (χ4v) is 2.60. The van der Waals surface area contributed by atoms with E-state index in [9.17, 15) is 9.59 Å². The highest BCUT2D eigenvalue weighted by Crippen LogP contribution is 2.17. The summed E-state index contributed by atoms with van der Waals surface area (Å²) in [5, 5.41) is 5.29. The molecule has 0 radical (unpaired) electrons. The number of benzene rings is 2. The molecule has 126 valence electrons. The Bertz CT molecular complexity index is 674. The number of carbonyl (C=O) groups is 2. The lowest BCUT2D eigenvalue weighted by Gasteiger charge is -2.12. The molecule has 0 spiro atoms. The first-order valence-electron chi connectivity index (χ1n) is 7.50. The Hall–Kier alpha value is -2.47. The molecule has 2 amide bonds. The summed E-state index contributed by atoms with van der Waals surface area (Å²) < 4.78 is 5.07. The summed E-state index contributed by atoms with van der Waals surface area (Å²) in [5.41, 5.74) is 1.44. The molecule has 2 N–H and O–H groups in total. The quantitative estimate of drug-likeness (QED) is 0.808. The molecule has 1 atom stereocenters. The molecule has 6 heteroatoms. The van der Waals surface area contributed by atoms with Gasteiger partial charge in [0.1, 0.15) is 5.75 Å². The van der Waals surface area contributed by atoms with E-state index in [2.05, 4.69) is 10.6 Å². The molecule has 0 saturated heterocycles. The molecule has 0 aliphatic rings. The van der Waals surface area contributed by atoms with E-state index >= 15 is 0 Å². The number of thioether (sulfide) groups is 1. The Morgan fingerprint density at radius 3 is 2.25 bits per heavy atom. The van der Waals surface area contributed by atoms with Crippen LogP contribution >= 0.6 is 11.8 Å². The van der Waals surface area contributed by atoms with Crippen LogP contribution in [0.25, 0.3) is 0 Å². The Morgan fingerprint density at radius 1 is 1.00 bits per heavy atom. The topological polar surface area (TPSA) is 67.4 Å². The van der Waals surface area contributed by atoms with Gasteiger partial charge in [-0.2, -0.15) is 0 Å². The number of amides is 2. The Morgan fingerprint density at radius 2 is 1.62 bits per heavy atom. The third-order valence-corrected chi connectivity index (χ3v) is 4.39. The van der Waals surface area contributed by atoms with Crippen molar-refractivity contribution in [1.82, 2.24) is 0 Å². The SMILES string of the molecule is COc1ccc(NC(=O)CS[C@@H](C)C(=O)Nc2ccccc2)cc1. The summed E-state index contributed by atoms with van der Waals surface area (Å²) in [6.07, 6.45) is 0. The smallest absolute Gasteiger partial charge is 0.237 e. The van der Waals surface area contributed by atoms with Gasteiger partial charge < -0.3 is 15.4 Å². The summed E-state index contributed by atoms with van der Waals surface area (Å²) in [5.74, 6) is 0.664. The highest BCUT2D eigenvalue weighted by Gasteiger charge is 2.15. The number of hydrogen-bond donors (Lipinski definition) is 2. The normalized spacial score (nSPS) is 11.4. The van der Waals surface area contributed by atoms with Crippen molar-refractivity contribution >= 4 is 35.0 Å². The molecule has 0 bridgehead atoms. The van der Waals surface area contributed by atoms with Crippen LogP contribution in [-0.4, -0.2) is 29.9 Å². The number of anilines is 2. The van der Waals surface area contributed by atoms with Crippen molar-refractivity contribution in [2.45, 2.75) is 12.2 Å². The van der Waals surface area contributed by atoms with Gasteiger partial charge in [0.25, 0.3) is 0 Å². The van der Waals surface area contributed by atoms with E-state index in [0.29, 0.717) is 5.69 Å². The molecule has 0 heterocycles. The third kappa shape index (κ3) is 5.62. The number of rotatable bonds is 7. The summed E-state index contributed by atoms with van der Waals surface area (Å²) in [4.78, 5) is 24.0. The van der Waals surface area contributed by atoms with Crippen molar-refractivity contribution in [1.29, 1.82) is 0 Å². The monoisotopic (exact) mass is 344 g/mol. The highest BCUT2D eigenvalue weighted by molar-refractivity contribution is 8.01. The predicted molar refractivity (Wildman–Crippen MR) is 98.6 cm³/mol. The van der Waals surface area contributed by atoms with E-state index in [4.69, 9.17) is 4.74 Å². The molecule has 2 rings (SSSR count). The van der Waals surface area contributed by atoms with E-state index in [0.717, 1.165) is 11.4 Å². The van der Waals surface area contributed by atoms with Gasteiger partial charge in [-0.15, -0.1) is 11.8 Å². The van der Waals surface area contributed by atoms with Gasteiger partial charge in [-0.05, 0) is 43.3 Å². The lowest BCUT2D eigenvalue weighted by atomic mass is 10.3. The van der Waals surface area contributed by atoms with Gasteiger partial charge in [0.15, 0.2) is 0 Å². The van der Waals surface area contributed by atoms with Gasteiger partial charge in [-0.1, -0.05) is 18.2 Å². The lowest BCUT2D eigenvalue weighted by Crippen LogP contribution is -2.25. The first kappa shape index (κ1) is 17.9. The fraction of sp³-hybridized carbons (Fsp3) is 0.222. The van der Waals surface area contributed by atoms with Gasteiger partial charge in [-0.3, -0.25) is 9.59 Å². The Balaban J connectivity index is 1.76. The van der Waals surface area contributed by atoms with Gasteiger partial charge >= 0.3 is 0 Å². The molecule has 0 fully saturated rings. The van der Waals surface area contributed by atoms with Crippen LogP contribution < -0.4 is 15.4 Å². The molecule has 2 aromatic carbocycles. The minimum Gasteiger partial charge on any atom is -0.497 e. The number of nitrogens with one attached hydrogen (secondary N) is 2. The second-order valence-corrected chi connectivity index (χ2v) is 6.41. The van der Waals surface area contributed by atoms with E-state index in [-0.39, 0.29) is 22.8 Å². The molecule has 0 unspecified atom stereocenters. The van der Waals surface area contributed by atoms with Gasteiger partial charge in [0.2, 0.25) is 11.8 Å². The number of ether oxygens (including phenoxy) is 1. The van der Waals surface area contributed by atoms with E-state index in [1.165, 1.54) is 11.8 Å². The Kier molecular flexibility index (Phi) is 6.69. The van der Waals surface area contributed by atoms with E-state index < -0.39 is 0 Å². The maximum absolute atomic E-state index is 12.1. The third-order valence-electron chi connectivity index (χ3n) is 3.25. The molecule has 2 aromatic rings. The summed E-state index contributed by atoms with van der Waals surface area (Å²) in [6.45, 7) is 1.78. The van der Waals surface area contributed by atoms with Crippen molar-refractivity contribution in [3.8, 4) is 5.75 Å². The lowest BCUT2D eigenvalue weighted by molar-refractivity contribution is -0.115. The van der Waals surface area contributed by atoms with Crippen molar-refractivity contribution < 1.29 is 14.3 Å². The van der Waals surface area contributed by atoms with Crippen LogP contribution in [0.4, 0.5) is 11.4 Å². The van der Waals surface area contributed by atoms with Crippen LogP contribution in [0.3, 0.4) is 0 Å². The summed E-state index contributed by atoms with van der Waals surface area (Å²) in [6, 6.07) is 16.3. The van der Waals surface area contributed by atoms with Crippen LogP contribution in [0.5, 0.6) is 5.75 Å². The molecule has 5 nitrogen and oxygen atoms in total. The van der Waals surface area contributed by atoms with Crippen LogP contribution in [-0.2, 0) is 9.59 Å². The second kappa shape index (κ2) is 8.98. The fourth-order valence-electron chi connectivity index (χ4n) is 1.91. The first-order valence-corrected chi connectivity index (χ1v) is 8.55. The Labute approximate surface area is 145 Å². The maximum atomic E-state index is 12.1. The zero-order valence-corrected chi connectivity index (χ0v) is 14.4. The standard InChI is InChI=1S/C18H20N2O3S/c1-13(18(22)20-14-6-4-3-5-7-14)24-12-17(21)19-15-8-10-16(23-2)11-9-15/h3-11,13H,12H2,1-2H3,(H,19,21)(H,20,22)/t13-/m0/s1. The number of para-hydroxylation sites is 1. The molecule has 24 heavy (non-hydrogen) atoms. The second-order valence-electron chi connectivity index (χ2n) is 5.09. The minimum absolute atomic E-state index is 0.122. The van der Waals surface area contributed by atoms with E-state index in [1.54, 1.807) is 38.3 Å². The zero-order valence-electron chi connectivity index (χ0n) is 13.6. The van der Waals surface area contributed by atoms with Crippen LogP contribution in [0, 0.1) is 0 Å². The van der Waals surface area contributed by atoms with Gasteiger partial charge in [-0.25, -0.2) is 0 Å². The van der Waals surface area contributed by atoms with Crippen LogP contribution in [0.15, 0.2) is 54.6 Å². The zero-order chi connectivity index (χ0) is 17.4. The molecular weight excluding hydrogens is 324 g/mol. The highest BCUT2D eigenvalue weighted by atomic mass is 32.2. The molecule has 0 aliphatic carbocycles. The predicted octanol–water partition coefficient (Wildman–Crippen LogP) is 3.39. The molecule has 0 aliphatic heterocycles. The molecule has 0 saturated carbocycles. The maximum Gasteiger partial charge on any atom is 0.237 e. The van der Waals surface area contributed by atoms with Crippen LogP contribution in [0.2, 0.25) is 0 Å². The first-order chi connectivity index (χ1) is 11.6. The average Bonchev–Trinajstić information content (AvgIpc) is 2.61. The summed E-state index contributed by atoms with van der Waals surface area (Å²) in [7, 11) is 1.59. The van der Waals surface area contributed by atoms with Crippen LogP contribution in [0.1, 0.15) is 6.92 Å². The number of methoxy groups -OCH3 is 1. The van der Waals surface area contributed by atoms with Crippen molar-refractivity contribution in [3.05, 3.63) is 54.6 Å². The van der Waals surface area contributed by atoms with Gasteiger partial charge in [0.05, 0.1) is 18.1 Å². The number of hydrogen-bond acceptors (Lipinski definition) is 4. The van der Waals surface area contributed by atoms with E-state index in [1.807, 2.05) is 30.3 Å². The average molecular weight is 344 g/mol. The van der Waals surface area contributed by atoms with Crippen molar-refractivity contribution in [2.75, 3.05) is 23.5 Å². The minimum atomic E-state index is -0.327. The summed E-state index contributed by atoms with van der Waals surface area (Å²) >= 11 is 1.29. The van der Waals surface area contributed by atoms with Gasteiger partial charge in [0, 0.05) is 11.4 Å². The van der Waals surface area contributed by atoms with Crippen molar-refractivity contribution in [2.24, 2.45) is 0 Å². The van der Waals surface area contributed by atoms with Crippen molar-refractivity contribution in [3.63, 3.8) is 0 Å². The molecule has 0 aromatic heterocycles.